The first-order valence-electron chi connectivity index (χ1n) is 8.07. The van der Waals surface area contributed by atoms with E-state index in [0.717, 1.165) is 5.69 Å². The van der Waals surface area contributed by atoms with E-state index < -0.39 is 6.04 Å². The summed E-state index contributed by atoms with van der Waals surface area (Å²) >= 11 is 0. The molecule has 0 saturated carbocycles. The van der Waals surface area contributed by atoms with Crippen LogP contribution in [0, 0.1) is 0 Å². The summed E-state index contributed by atoms with van der Waals surface area (Å²) < 4.78 is 0. The second-order valence-corrected chi connectivity index (χ2v) is 4.36. The summed E-state index contributed by atoms with van der Waals surface area (Å²) in [6, 6.07) is 8.53. The summed E-state index contributed by atoms with van der Waals surface area (Å²) in [6.45, 7) is 10.8. The molecule has 2 N–H and O–H groups in total. The lowest BCUT2D eigenvalue weighted by Crippen LogP contribution is -2.43. The van der Waals surface area contributed by atoms with Gasteiger partial charge in [-0.3, -0.25) is 14.4 Å². The molecule has 0 heterocycles. The van der Waals surface area contributed by atoms with Crippen LogP contribution in [0.5, 0.6) is 0 Å². The van der Waals surface area contributed by atoms with Crippen molar-refractivity contribution in [3.63, 3.8) is 0 Å². The normalized spacial score (nSPS) is 10.0. The molecule has 0 saturated heterocycles. The zero-order valence-electron chi connectivity index (χ0n) is 15.1. The highest BCUT2D eigenvalue weighted by molar-refractivity contribution is 5.92. The van der Waals surface area contributed by atoms with Gasteiger partial charge in [-0.25, -0.2) is 0 Å². The first-order chi connectivity index (χ1) is 11.0. The van der Waals surface area contributed by atoms with E-state index in [1.807, 2.05) is 58.0 Å². The van der Waals surface area contributed by atoms with E-state index >= 15 is 0 Å². The lowest BCUT2D eigenvalue weighted by molar-refractivity contribution is -0.128. The summed E-state index contributed by atoms with van der Waals surface area (Å²) in [5.41, 5.74) is 0.823. The Balaban J connectivity index is 0. The molecular weight excluding hydrogens is 292 g/mol. The Morgan fingerprint density at radius 2 is 1.48 bits per heavy atom. The van der Waals surface area contributed by atoms with Crippen molar-refractivity contribution in [2.24, 2.45) is 0 Å². The van der Waals surface area contributed by atoms with Crippen LogP contribution in [0.25, 0.3) is 0 Å². The van der Waals surface area contributed by atoms with Gasteiger partial charge in [0.1, 0.15) is 5.78 Å². The molecule has 0 aromatic heterocycles. The van der Waals surface area contributed by atoms with Crippen LogP contribution in [0.4, 0.5) is 5.69 Å². The predicted octanol–water partition coefficient (Wildman–Crippen LogP) is 3.20. The number of carbonyl (C=O) groups excluding carboxylic acids is 3. The van der Waals surface area contributed by atoms with Crippen LogP contribution in [-0.4, -0.2) is 30.1 Å². The summed E-state index contributed by atoms with van der Waals surface area (Å²) in [6.07, 6.45) is 0.0341. The molecule has 0 aliphatic rings. The van der Waals surface area contributed by atoms with Crippen molar-refractivity contribution in [2.45, 2.75) is 54.0 Å². The Morgan fingerprint density at radius 3 is 1.91 bits per heavy atom. The van der Waals surface area contributed by atoms with Gasteiger partial charge in [-0.05, 0) is 26.0 Å². The number of carbonyl (C=O) groups is 3. The quantitative estimate of drug-likeness (QED) is 0.808. The number of rotatable bonds is 7. The molecule has 0 spiro atoms. The van der Waals surface area contributed by atoms with Crippen LogP contribution < -0.4 is 10.6 Å². The fraction of sp³-hybridized carbons (Fsp3) is 0.500. The van der Waals surface area contributed by atoms with Gasteiger partial charge in [-0.1, -0.05) is 45.9 Å². The Hall–Kier alpha value is -2.17. The van der Waals surface area contributed by atoms with Gasteiger partial charge >= 0.3 is 0 Å². The lowest BCUT2D eigenvalue weighted by atomic mass is 10.1. The second kappa shape index (κ2) is 14.8. The summed E-state index contributed by atoms with van der Waals surface area (Å²) in [4.78, 5) is 34.0. The van der Waals surface area contributed by atoms with Crippen LogP contribution in [0.1, 0.15) is 48.0 Å². The van der Waals surface area contributed by atoms with Gasteiger partial charge in [0, 0.05) is 12.1 Å². The first-order valence-corrected chi connectivity index (χ1v) is 8.07. The molecule has 1 atom stereocenters. The Bertz CT molecular complexity index is 459. The van der Waals surface area contributed by atoms with Crippen molar-refractivity contribution in [2.75, 3.05) is 11.9 Å². The van der Waals surface area contributed by atoms with Gasteiger partial charge in [0.2, 0.25) is 5.91 Å². The van der Waals surface area contributed by atoms with E-state index in [4.69, 9.17) is 0 Å². The molecule has 0 bridgehead atoms. The van der Waals surface area contributed by atoms with Gasteiger partial charge < -0.3 is 10.6 Å². The maximum Gasteiger partial charge on any atom is 0.239 e. The van der Waals surface area contributed by atoms with Crippen LogP contribution in [0.3, 0.4) is 0 Å². The summed E-state index contributed by atoms with van der Waals surface area (Å²) in [7, 11) is 0. The van der Waals surface area contributed by atoms with Crippen LogP contribution in [0.2, 0.25) is 0 Å². The zero-order valence-corrected chi connectivity index (χ0v) is 15.1. The number of nitrogens with one attached hydrogen (secondary N) is 2. The summed E-state index contributed by atoms with van der Waals surface area (Å²) in [5.74, 6) is -0.662. The SMILES string of the molecule is CC.CC.CC(=O)CC(NC(=O)CNc1ccccc1)C(C)=O. The molecule has 0 aliphatic heterocycles. The van der Waals surface area contributed by atoms with E-state index in [-0.39, 0.29) is 30.4 Å². The number of Topliss-reactive ketones (excluding diaryl/α,β-unsaturated/α-hetero) is 2. The average molecular weight is 322 g/mol. The molecule has 1 rings (SSSR count). The molecule has 0 fully saturated rings. The van der Waals surface area contributed by atoms with E-state index in [2.05, 4.69) is 10.6 Å². The fourth-order valence-electron chi connectivity index (χ4n) is 1.57. The predicted molar refractivity (Wildman–Crippen MR) is 95.5 cm³/mol. The van der Waals surface area contributed by atoms with Gasteiger partial charge in [0.05, 0.1) is 12.6 Å². The highest BCUT2D eigenvalue weighted by Crippen LogP contribution is 2.04. The molecule has 1 aromatic carbocycles. The topological polar surface area (TPSA) is 75.3 Å². The number of amides is 1. The number of hydrogen-bond acceptors (Lipinski definition) is 4. The largest absolute Gasteiger partial charge is 0.376 e. The third kappa shape index (κ3) is 12.1. The summed E-state index contributed by atoms with van der Waals surface area (Å²) in [5, 5.41) is 5.48. The van der Waals surface area contributed by atoms with E-state index in [1.165, 1.54) is 13.8 Å². The highest BCUT2D eigenvalue weighted by Gasteiger charge is 2.18. The maximum absolute atomic E-state index is 11.7. The van der Waals surface area contributed by atoms with Crippen molar-refractivity contribution < 1.29 is 14.4 Å². The van der Waals surface area contributed by atoms with Crippen molar-refractivity contribution in [3.05, 3.63) is 30.3 Å². The molecule has 130 valence electrons. The molecule has 0 radical (unpaired) electrons. The first kappa shape index (κ1) is 23.1. The molecule has 23 heavy (non-hydrogen) atoms. The molecule has 5 nitrogen and oxygen atoms in total. The van der Waals surface area contributed by atoms with Gasteiger partial charge in [0.25, 0.3) is 0 Å². The lowest BCUT2D eigenvalue weighted by Gasteiger charge is -2.15. The fourth-order valence-corrected chi connectivity index (χ4v) is 1.57. The van der Waals surface area contributed by atoms with Crippen molar-refractivity contribution in [1.82, 2.24) is 5.32 Å². The van der Waals surface area contributed by atoms with Gasteiger partial charge in [0.15, 0.2) is 5.78 Å². The number of para-hydroxylation sites is 1. The Morgan fingerprint density at radius 1 is 0.957 bits per heavy atom. The van der Waals surface area contributed by atoms with Gasteiger partial charge in [-0.2, -0.15) is 0 Å². The number of hydrogen-bond donors (Lipinski definition) is 2. The molecule has 1 unspecified atom stereocenters. The number of anilines is 1. The van der Waals surface area contributed by atoms with Crippen molar-refractivity contribution >= 4 is 23.2 Å². The van der Waals surface area contributed by atoms with Crippen molar-refractivity contribution in [3.8, 4) is 0 Å². The molecule has 5 heteroatoms. The third-order valence-corrected chi connectivity index (χ3v) is 2.54. The molecule has 1 amide bonds. The smallest absolute Gasteiger partial charge is 0.239 e. The molecule has 0 aliphatic carbocycles. The van der Waals surface area contributed by atoms with E-state index in [9.17, 15) is 14.4 Å². The zero-order chi connectivity index (χ0) is 18.3. The minimum Gasteiger partial charge on any atom is -0.376 e. The van der Waals surface area contributed by atoms with E-state index in [1.54, 1.807) is 0 Å². The second-order valence-electron chi connectivity index (χ2n) is 4.36. The van der Waals surface area contributed by atoms with Crippen LogP contribution in [0.15, 0.2) is 30.3 Å². The highest BCUT2D eigenvalue weighted by atomic mass is 16.2. The van der Waals surface area contributed by atoms with Crippen LogP contribution in [-0.2, 0) is 14.4 Å². The van der Waals surface area contributed by atoms with Crippen molar-refractivity contribution in [1.29, 1.82) is 0 Å². The number of ketones is 2. The molecular formula is C18H30N2O3. The Kier molecular flexibility index (Phi) is 14.8. The third-order valence-electron chi connectivity index (χ3n) is 2.54. The average Bonchev–Trinajstić information content (AvgIpc) is 2.56. The maximum atomic E-state index is 11.7. The standard InChI is InChI=1S/C14H18N2O3.2C2H6/c1-10(17)8-13(11(2)18)16-14(19)9-15-12-6-4-3-5-7-12;2*1-2/h3-7,13,15H,8-9H2,1-2H3,(H,16,19);2*1-2H3. The minimum atomic E-state index is -0.734. The Labute approximate surface area is 139 Å². The number of benzene rings is 1. The monoisotopic (exact) mass is 322 g/mol. The van der Waals surface area contributed by atoms with Gasteiger partial charge in [-0.15, -0.1) is 0 Å². The van der Waals surface area contributed by atoms with Crippen LogP contribution >= 0.6 is 0 Å². The van der Waals surface area contributed by atoms with E-state index in [0.29, 0.717) is 0 Å². The minimum absolute atomic E-state index is 0.0341. The molecule has 1 aromatic rings.